The molecule has 0 saturated carbocycles. The predicted molar refractivity (Wildman–Crippen MR) is 108 cm³/mol. The number of carbonyl (C=O) groups is 1. The summed E-state index contributed by atoms with van der Waals surface area (Å²) in [6.45, 7) is 11.7. The van der Waals surface area contributed by atoms with Crippen molar-refractivity contribution in [1.82, 2.24) is 4.98 Å². The number of hydrogen-bond donors (Lipinski definition) is 0. The topological polar surface area (TPSA) is 87.2 Å². The molecule has 1 aromatic heterocycles. The number of phosphoric acid groups is 1. The molecule has 0 N–H and O–H groups in total. The molecule has 1 heterocycles. The Morgan fingerprint density at radius 2 is 1.82 bits per heavy atom. The normalized spacial score (nSPS) is 11.7. The van der Waals surface area contributed by atoms with Gasteiger partial charge in [-0.3, -0.25) is 18.5 Å². The van der Waals surface area contributed by atoms with Crippen molar-refractivity contribution < 1.29 is 27.7 Å². The third-order valence-electron chi connectivity index (χ3n) is 3.29. The predicted octanol–water partition coefficient (Wildman–Crippen LogP) is 4.81. The van der Waals surface area contributed by atoms with Gasteiger partial charge in [0.15, 0.2) is 0 Å². The zero-order valence-electron chi connectivity index (χ0n) is 17.3. The highest BCUT2D eigenvalue weighted by atomic mass is 31.2. The van der Waals surface area contributed by atoms with Gasteiger partial charge < -0.3 is 4.74 Å². The van der Waals surface area contributed by atoms with Gasteiger partial charge in [0.2, 0.25) is 0 Å². The summed E-state index contributed by atoms with van der Waals surface area (Å²) in [5, 5.41) is 0. The Labute approximate surface area is 167 Å². The summed E-state index contributed by atoms with van der Waals surface area (Å²) in [5.74, 6) is 0.661. The lowest BCUT2D eigenvalue weighted by Crippen LogP contribution is -2.29. The van der Waals surface area contributed by atoms with E-state index < -0.39 is 13.9 Å². The lowest BCUT2D eigenvalue weighted by molar-refractivity contribution is 0.0912. The molecule has 158 valence electrons. The Morgan fingerprint density at radius 1 is 1.21 bits per heavy atom. The van der Waals surface area contributed by atoms with Crippen molar-refractivity contribution in [2.75, 3.05) is 31.8 Å². The molecule has 0 radical (unpaired) electrons. The average Bonchev–Trinajstić information content (AvgIpc) is 2.67. The van der Waals surface area contributed by atoms with E-state index in [-0.39, 0.29) is 38.3 Å². The molecule has 0 saturated heterocycles. The number of phosphoric ester groups is 1. The summed E-state index contributed by atoms with van der Waals surface area (Å²) in [4.78, 5) is 17.5. The van der Waals surface area contributed by atoms with Crippen LogP contribution in [0.25, 0.3) is 0 Å². The molecule has 0 spiro atoms. The van der Waals surface area contributed by atoms with Gasteiger partial charge in [-0.2, -0.15) is 0 Å². The summed E-state index contributed by atoms with van der Waals surface area (Å²) in [6, 6.07) is 3.41. The number of carbonyl (C=O) groups excluding carboxylic acids is 1. The molecule has 1 aromatic rings. The lowest BCUT2D eigenvalue weighted by atomic mass is 10.2. The summed E-state index contributed by atoms with van der Waals surface area (Å²) >= 11 is 0. The van der Waals surface area contributed by atoms with Crippen LogP contribution < -0.4 is 4.90 Å². The maximum Gasteiger partial charge on any atom is 0.475 e. The van der Waals surface area contributed by atoms with Gasteiger partial charge in [-0.15, -0.1) is 0 Å². The van der Waals surface area contributed by atoms with Crippen molar-refractivity contribution in [2.45, 2.75) is 34.3 Å². The molecule has 0 atom stereocenters. The smallest absolute Gasteiger partial charge is 0.445 e. The summed E-state index contributed by atoms with van der Waals surface area (Å²) < 4.78 is 34.4. The first-order chi connectivity index (χ1) is 13.2. The third-order valence-corrected chi connectivity index (χ3v) is 4.67. The molecule has 28 heavy (non-hydrogen) atoms. The lowest BCUT2D eigenvalue weighted by Gasteiger charge is -2.22. The Hall–Kier alpha value is -1.73. The fourth-order valence-electron chi connectivity index (χ4n) is 1.90. The van der Waals surface area contributed by atoms with Gasteiger partial charge in [0, 0.05) is 18.8 Å². The van der Waals surface area contributed by atoms with Crippen LogP contribution in [0.2, 0.25) is 0 Å². The van der Waals surface area contributed by atoms with Crippen molar-refractivity contribution in [3.05, 3.63) is 36.5 Å². The average molecular weight is 414 g/mol. The number of rotatable bonds is 12. The van der Waals surface area contributed by atoms with E-state index in [1.54, 1.807) is 18.3 Å². The first kappa shape index (κ1) is 24.3. The number of ether oxygens (including phenoxy) is 1. The number of nitrogens with zero attached hydrogens (tertiary/aromatic N) is 2. The molecule has 0 aromatic carbocycles. The van der Waals surface area contributed by atoms with Crippen LogP contribution in [0, 0.1) is 11.8 Å². The van der Waals surface area contributed by atoms with E-state index in [9.17, 15) is 9.36 Å². The van der Waals surface area contributed by atoms with Gasteiger partial charge in [-0.25, -0.2) is 14.3 Å². The molecule has 0 aliphatic heterocycles. The Kier molecular flexibility index (Phi) is 10.4. The number of anilines is 1. The van der Waals surface area contributed by atoms with E-state index in [0.29, 0.717) is 11.4 Å². The quantitative estimate of drug-likeness (QED) is 0.358. The maximum absolute atomic E-state index is 12.9. The second-order valence-electron chi connectivity index (χ2n) is 7.01. The van der Waals surface area contributed by atoms with Crippen LogP contribution in [0.15, 0.2) is 31.0 Å². The molecule has 0 aliphatic carbocycles. The van der Waals surface area contributed by atoms with E-state index in [0.717, 1.165) is 0 Å². The highest BCUT2D eigenvalue weighted by Gasteiger charge is 2.29. The number of amides is 1. The standard InChI is InChI=1S/C19H31N2O6P/c1-7-11-24-19(22)21(6)18-17(9-8-10-20-18)14-27-28(23,25-12-15(2)3)26-13-16(4)5/h7-10,15-16H,1,11-14H2,2-6H3. The molecular formula is C19H31N2O6P. The fraction of sp³-hybridized carbons (Fsp3) is 0.579. The van der Waals surface area contributed by atoms with E-state index in [1.165, 1.54) is 18.0 Å². The van der Waals surface area contributed by atoms with Gasteiger partial charge >= 0.3 is 13.9 Å². The second-order valence-corrected chi connectivity index (χ2v) is 8.68. The van der Waals surface area contributed by atoms with Gasteiger partial charge in [0.1, 0.15) is 12.4 Å². The molecule has 0 bridgehead atoms. The Morgan fingerprint density at radius 3 is 2.36 bits per heavy atom. The minimum absolute atomic E-state index is 0.0864. The SMILES string of the molecule is C=CCOC(=O)N(C)c1ncccc1COP(=O)(OCC(C)C)OCC(C)C. The molecule has 0 unspecified atom stereocenters. The highest BCUT2D eigenvalue weighted by Crippen LogP contribution is 2.51. The van der Waals surface area contributed by atoms with Gasteiger partial charge in [-0.05, 0) is 17.9 Å². The van der Waals surface area contributed by atoms with E-state index in [2.05, 4.69) is 11.6 Å². The Balaban J connectivity index is 2.90. The van der Waals surface area contributed by atoms with Gasteiger partial charge in [0.25, 0.3) is 0 Å². The van der Waals surface area contributed by atoms with E-state index >= 15 is 0 Å². The summed E-state index contributed by atoms with van der Waals surface area (Å²) in [6.07, 6.45) is 2.43. The van der Waals surface area contributed by atoms with Crippen LogP contribution in [-0.4, -0.2) is 37.9 Å². The minimum Gasteiger partial charge on any atom is -0.445 e. The van der Waals surface area contributed by atoms with E-state index in [4.69, 9.17) is 18.3 Å². The fourth-order valence-corrected chi connectivity index (χ4v) is 3.38. The highest BCUT2D eigenvalue weighted by molar-refractivity contribution is 7.48. The van der Waals surface area contributed by atoms with E-state index in [1.807, 2.05) is 27.7 Å². The van der Waals surface area contributed by atoms with Crippen LogP contribution >= 0.6 is 7.82 Å². The van der Waals surface area contributed by atoms with Crippen molar-refractivity contribution in [1.29, 1.82) is 0 Å². The first-order valence-corrected chi connectivity index (χ1v) is 10.6. The molecule has 1 amide bonds. The zero-order valence-corrected chi connectivity index (χ0v) is 18.2. The van der Waals surface area contributed by atoms with Gasteiger partial charge in [-0.1, -0.05) is 46.4 Å². The van der Waals surface area contributed by atoms with Crippen LogP contribution in [0.4, 0.5) is 10.6 Å². The van der Waals surface area contributed by atoms with Gasteiger partial charge in [0.05, 0.1) is 19.8 Å². The largest absolute Gasteiger partial charge is 0.475 e. The minimum atomic E-state index is -3.76. The Bertz CT molecular complexity index is 664. The van der Waals surface area contributed by atoms with Crippen molar-refractivity contribution in [3.8, 4) is 0 Å². The summed E-state index contributed by atoms with van der Waals surface area (Å²) in [7, 11) is -2.23. The van der Waals surface area contributed by atoms with Crippen LogP contribution in [0.3, 0.4) is 0 Å². The maximum atomic E-state index is 12.9. The van der Waals surface area contributed by atoms with Crippen LogP contribution in [0.1, 0.15) is 33.3 Å². The number of aromatic nitrogens is 1. The zero-order chi connectivity index (χ0) is 21.2. The van der Waals surface area contributed by atoms with Crippen molar-refractivity contribution in [2.24, 2.45) is 11.8 Å². The van der Waals surface area contributed by atoms with Crippen LogP contribution in [0.5, 0.6) is 0 Å². The molecule has 8 nitrogen and oxygen atoms in total. The van der Waals surface area contributed by atoms with Crippen LogP contribution in [-0.2, 0) is 29.5 Å². The second kappa shape index (κ2) is 12.0. The van der Waals surface area contributed by atoms with Crippen molar-refractivity contribution in [3.63, 3.8) is 0 Å². The molecule has 1 rings (SSSR count). The first-order valence-electron chi connectivity index (χ1n) is 9.17. The molecule has 0 aliphatic rings. The molecular weight excluding hydrogens is 383 g/mol. The number of pyridine rings is 1. The molecule has 0 fully saturated rings. The van der Waals surface area contributed by atoms with Crippen molar-refractivity contribution >= 4 is 19.7 Å². The number of hydrogen-bond acceptors (Lipinski definition) is 7. The third kappa shape index (κ3) is 8.52. The monoisotopic (exact) mass is 414 g/mol. The molecule has 9 heteroatoms. The summed E-state index contributed by atoms with van der Waals surface area (Å²) in [5.41, 5.74) is 0.544.